The zero-order chi connectivity index (χ0) is 13.0. The van der Waals surface area contributed by atoms with Crippen molar-refractivity contribution in [3.63, 3.8) is 0 Å². The molecule has 0 bridgehead atoms. The molecule has 1 aromatic heterocycles. The third-order valence-electron chi connectivity index (χ3n) is 2.87. The second-order valence-corrected chi connectivity index (χ2v) is 5.57. The highest BCUT2D eigenvalue weighted by molar-refractivity contribution is 8.00. The minimum atomic E-state index is -0.398. The SMILES string of the molecule is COC(=O)c1cc(N)ncc1NCC1CCCS1. The molecule has 98 valence electrons. The lowest BCUT2D eigenvalue weighted by Gasteiger charge is -2.13. The molecular weight excluding hydrogens is 250 g/mol. The molecule has 3 N–H and O–H groups in total. The number of aromatic nitrogens is 1. The number of thioether (sulfide) groups is 1. The fourth-order valence-electron chi connectivity index (χ4n) is 1.92. The van der Waals surface area contributed by atoms with Crippen LogP contribution in [-0.4, -0.2) is 35.6 Å². The lowest BCUT2D eigenvalue weighted by Crippen LogP contribution is -2.16. The van der Waals surface area contributed by atoms with E-state index in [1.807, 2.05) is 11.8 Å². The van der Waals surface area contributed by atoms with E-state index in [0.29, 0.717) is 22.3 Å². The summed E-state index contributed by atoms with van der Waals surface area (Å²) in [6.07, 6.45) is 4.07. The van der Waals surface area contributed by atoms with Gasteiger partial charge in [-0.3, -0.25) is 0 Å². The highest BCUT2D eigenvalue weighted by Gasteiger charge is 2.17. The minimum Gasteiger partial charge on any atom is -0.465 e. The summed E-state index contributed by atoms with van der Waals surface area (Å²) in [7, 11) is 1.36. The molecule has 2 heterocycles. The average molecular weight is 267 g/mol. The molecule has 1 fully saturated rings. The molecule has 0 spiro atoms. The number of nitrogen functional groups attached to an aromatic ring is 1. The Morgan fingerprint density at radius 1 is 1.72 bits per heavy atom. The van der Waals surface area contributed by atoms with Crippen LogP contribution in [0.15, 0.2) is 12.3 Å². The summed E-state index contributed by atoms with van der Waals surface area (Å²) in [4.78, 5) is 15.6. The summed E-state index contributed by atoms with van der Waals surface area (Å²) in [5.74, 6) is 1.14. The van der Waals surface area contributed by atoms with Crippen LogP contribution in [0.4, 0.5) is 11.5 Å². The molecule has 0 radical (unpaired) electrons. The van der Waals surface area contributed by atoms with E-state index in [9.17, 15) is 4.79 Å². The van der Waals surface area contributed by atoms with Crippen molar-refractivity contribution in [3.05, 3.63) is 17.8 Å². The lowest BCUT2D eigenvalue weighted by atomic mass is 10.2. The number of nitrogens with one attached hydrogen (secondary N) is 1. The predicted octanol–water partition coefficient (Wildman–Crippen LogP) is 1.76. The van der Waals surface area contributed by atoms with Crippen molar-refractivity contribution in [2.75, 3.05) is 30.5 Å². The number of carbonyl (C=O) groups excluding carboxylic acids is 1. The Balaban J connectivity index is 2.08. The summed E-state index contributed by atoms with van der Waals surface area (Å²) in [6.45, 7) is 0.834. The first-order valence-corrected chi connectivity index (χ1v) is 6.95. The zero-order valence-electron chi connectivity index (χ0n) is 10.3. The molecule has 1 aliphatic heterocycles. The van der Waals surface area contributed by atoms with Crippen LogP contribution in [0.3, 0.4) is 0 Å². The standard InChI is InChI=1S/C12H17N3O2S/c1-17-12(16)9-5-11(13)15-7-10(9)14-6-8-3-2-4-18-8/h5,7-8,14H,2-4,6H2,1H3,(H2,13,15). The number of hydrogen-bond acceptors (Lipinski definition) is 6. The summed E-state index contributed by atoms with van der Waals surface area (Å²) >= 11 is 1.96. The number of nitrogens with two attached hydrogens (primary N) is 1. The molecule has 5 nitrogen and oxygen atoms in total. The zero-order valence-corrected chi connectivity index (χ0v) is 11.1. The van der Waals surface area contributed by atoms with E-state index in [1.165, 1.54) is 31.8 Å². The van der Waals surface area contributed by atoms with Crippen molar-refractivity contribution in [2.24, 2.45) is 0 Å². The van der Waals surface area contributed by atoms with E-state index in [4.69, 9.17) is 10.5 Å². The van der Waals surface area contributed by atoms with Crippen LogP contribution in [0.5, 0.6) is 0 Å². The van der Waals surface area contributed by atoms with E-state index in [-0.39, 0.29) is 0 Å². The monoisotopic (exact) mass is 267 g/mol. The van der Waals surface area contributed by atoms with Gasteiger partial charge in [-0.05, 0) is 24.7 Å². The first-order chi connectivity index (χ1) is 8.70. The van der Waals surface area contributed by atoms with E-state index < -0.39 is 5.97 Å². The van der Waals surface area contributed by atoms with E-state index in [0.717, 1.165) is 6.54 Å². The van der Waals surface area contributed by atoms with Crippen LogP contribution < -0.4 is 11.1 Å². The molecule has 0 saturated carbocycles. The Bertz CT molecular complexity index is 433. The number of rotatable bonds is 4. The Hall–Kier alpha value is -1.43. The fraction of sp³-hybridized carbons (Fsp3) is 0.500. The van der Waals surface area contributed by atoms with E-state index in [2.05, 4.69) is 10.3 Å². The minimum absolute atomic E-state index is 0.316. The predicted molar refractivity (Wildman–Crippen MR) is 74.0 cm³/mol. The van der Waals surface area contributed by atoms with Gasteiger partial charge in [0.05, 0.1) is 24.6 Å². The van der Waals surface area contributed by atoms with E-state index >= 15 is 0 Å². The molecule has 0 aromatic carbocycles. The maximum Gasteiger partial charge on any atom is 0.340 e. The topological polar surface area (TPSA) is 77.2 Å². The first kappa shape index (κ1) is 13.0. The van der Waals surface area contributed by atoms with Crippen LogP contribution in [0.25, 0.3) is 0 Å². The molecule has 1 aliphatic rings. The second kappa shape index (κ2) is 5.95. The van der Waals surface area contributed by atoms with Crippen molar-refractivity contribution in [3.8, 4) is 0 Å². The quantitative estimate of drug-likeness (QED) is 0.809. The van der Waals surface area contributed by atoms with Gasteiger partial charge in [0.2, 0.25) is 0 Å². The average Bonchev–Trinajstić information content (AvgIpc) is 2.89. The maximum absolute atomic E-state index is 11.6. The highest BCUT2D eigenvalue weighted by Crippen LogP contribution is 2.27. The molecule has 1 aromatic rings. The Morgan fingerprint density at radius 3 is 3.22 bits per heavy atom. The van der Waals surface area contributed by atoms with Gasteiger partial charge in [0.25, 0.3) is 0 Å². The summed E-state index contributed by atoms with van der Waals surface area (Å²) in [5, 5.41) is 3.86. The van der Waals surface area contributed by atoms with Gasteiger partial charge in [-0.25, -0.2) is 9.78 Å². The third kappa shape index (κ3) is 3.07. The van der Waals surface area contributed by atoms with Gasteiger partial charge in [-0.15, -0.1) is 0 Å². The molecule has 1 saturated heterocycles. The van der Waals surface area contributed by atoms with Crippen molar-refractivity contribution in [1.82, 2.24) is 4.98 Å². The summed E-state index contributed by atoms with van der Waals surface area (Å²) in [6, 6.07) is 1.54. The third-order valence-corrected chi connectivity index (χ3v) is 4.27. The molecule has 2 rings (SSSR count). The molecule has 0 amide bonds. The normalized spacial score (nSPS) is 18.6. The van der Waals surface area contributed by atoms with Gasteiger partial charge in [-0.1, -0.05) is 0 Å². The van der Waals surface area contributed by atoms with Crippen molar-refractivity contribution in [2.45, 2.75) is 18.1 Å². The number of ether oxygens (including phenoxy) is 1. The Labute approximate surface area is 110 Å². The number of pyridine rings is 1. The van der Waals surface area contributed by atoms with Crippen molar-refractivity contribution in [1.29, 1.82) is 0 Å². The van der Waals surface area contributed by atoms with E-state index in [1.54, 1.807) is 6.20 Å². The van der Waals surface area contributed by atoms with Crippen molar-refractivity contribution < 1.29 is 9.53 Å². The van der Waals surface area contributed by atoms with Crippen molar-refractivity contribution >= 4 is 29.2 Å². The van der Waals surface area contributed by atoms with Gasteiger partial charge in [0.1, 0.15) is 5.82 Å². The molecular formula is C12H17N3O2S. The summed E-state index contributed by atoms with van der Waals surface area (Å²) in [5.41, 5.74) is 6.71. The molecule has 6 heteroatoms. The van der Waals surface area contributed by atoms with Gasteiger partial charge < -0.3 is 15.8 Å². The molecule has 1 unspecified atom stereocenters. The Kier molecular flexibility index (Phi) is 4.30. The smallest absolute Gasteiger partial charge is 0.340 e. The number of methoxy groups -OCH3 is 1. The van der Waals surface area contributed by atoms with Crippen LogP contribution in [-0.2, 0) is 4.74 Å². The number of nitrogens with zero attached hydrogens (tertiary/aromatic N) is 1. The van der Waals surface area contributed by atoms with Crippen LogP contribution in [0.1, 0.15) is 23.2 Å². The summed E-state index contributed by atoms with van der Waals surface area (Å²) < 4.78 is 4.74. The molecule has 0 aliphatic carbocycles. The largest absolute Gasteiger partial charge is 0.465 e. The fourth-order valence-corrected chi connectivity index (χ4v) is 3.12. The van der Waals surface area contributed by atoms with Gasteiger partial charge in [0.15, 0.2) is 0 Å². The molecule has 1 atom stereocenters. The Morgan fingerprint density at radius 2 is 2.56 bits per heavy atom. The number of esters is 1. The van der Waals surface area contributed by atoms with Crippen LogP contribution >= 0.6 is 11.8 Å². The van der Waals surface area contributed by atoms with Crippen LogP contribution in [0.2, 0.25) is 0 Å². The highest BCUT2D eigenvalue weighted by atomic mass is 32.2. The number of anilines is 2. The van der Waals surface area contributed by atoms with Gasteiger partial charge in [-0.2, -0.15) is 11.8 Å². The second-order valence-electron chi connectivity index (χ2n) is 4.16. The number of carbonyl (C=O) groups is 1. The maximum atomic E-state index is 11.6. The number of hydrogen-bond donors (Lipinski definition) is 2. The van der Waals surface area contributed by atoms with Gasteiger partial charge >= 0.3 is 5.97 Å². The van der Waals surface area contributed by atoms with Crippen LogP contribution in [0, 0.1) is 0 Å². The van der Waals surface area contributed by atoms with Gasteiger partial charge in [0, 0.05) is 11.8 Å². The molecule has 18 heavy (non-hydrogen) atoms. The lowest BCUT2D eigenvalue weighted by molar-refractivity contribution is 0.0602. The first-order valence-electron chi connectivity index (χ1n) is 5.90.